The molecule has 0 heterocycles. The number of thiol groups is 1. The van der Waals surface area contributed by atoms with E-state index in [1.807, 2.05) is 0 Å². The predicted molar refractivity (Wildman–Crippen MR) is 45.8 cm³/mol. The van der Waals surface area contributed by atoms with E-state index in [0.29, 0.717) is 11.5 Å². The normalized spacial score (nSPS) is 12.7. The van der Waals surface area contributed by atoms with E-state index in [2.05, 4.69) is 22.9 Å². The molecule has 10 heavy (non-hydrogen) atoms. The number of nitrogens with zero attached hydrogens (tertiary/aromatic N) is 2. The summed E-state index contributed by atoms with van der Waals surface area (Å²) >= 11 is 5.20. The molecule has 0 aromatic carbocycles. The number of rotatable bonds is 3. The monoisotopic (exact) mass is 180 g/mol. The van der Waals surface area contributed by atoms with Gasteiger partial charge in [-0.25, -0.2) is 0 Å². The SMILES string of the molecule is O/N=C/C(=N\O)SCCS. The molecule has 0 aliphatic rings. The van der Waals surface area contributed by atoms with E-state index < -0.39 is 0 Å². The lowest BCUT2D eigenvalue weighted by Crippen LogP contribution is -1.96. The number of hydrogen-bond acceptors (Lipinski definition) is 6. The fraction of sp³-hybridized carbons (Fsp3) is 0.500. The van der Waals surface area contributed by atoms with Gasteiger partial charge in [-0.3, -0.25) is 0 Å². The maximum Gasteiger partial charge on any atom is 0.157 e. The molecule has 2 N–H and O–H groups in total. The zero-order chi connectivity index (χ0) is 7.82. The number of hydrogen-bond donors (Lipinski definition) is 3. The Balaban J connectivity index is 3.62. The molecule has 6 heteroatoms. The average molecular weight is 180 g/mol. The third-order valence-electron chi connectivity index (χ3n) is 0.608. The molecule has 0 aliphatic carbocycles. The molecule has 0 radical (unpaired) electrons. The summed E-state index contributed by atoms with van der Waals surface area (Å²) in [5.41, 5.74) is 0. The minimum atomic E-state index is 0.275. The molecule has 0 saturated carbocycles. The van der Waals surface area contributed by atoms with E-state index in [1.165, 1.54) is 11.8 Å². The summed E-state index contributed by atoms with van der Waals surface area (Å²) in [4.78, 5) is 0. The van der Waals surface area contributed by atoms with Crippen LogP contribution in [0.15, 0.2) is 10.3 Å². The van der Waals surface area contributed by atoms with Crippen molar-refractivity contribution in [2.24, 2.45) is 10.3 Å². The molecular weight excluding hydrogens is 172 g/mol. The Morgan fingerprint density at radius 2 is 2.30 bits per heavy atom. The van der Waals surface area contributed by atoms with Crippen LogP contribution in [0.3, 0.4) is 0 Å². The van der Waals surface area contributed by atoms with Crippen molar-refractivity contribution >= 4 is 35.6 Å². The van der Waals surface area contributed by atoms with Crippen LogP contribution >= 0.6 is 24.4 Å². The van der Waals surface area contributed by atoms with Crippen LogP contribution in [0.25, 0.3) is 0 Å². The fourth-order valence-corrected chi connectivity index (χ4v) is 1.05. The van der Waals surface area contributed by atoms with Crippen LogP contribution < -0.4 is 0 Å². The first-order valence-corrected chi connectivity index (χ1v) is 4.10. The van der Waals surface area contributed by atoms with Crippen LogP contribution in [0, 0.1) is 0 Å². The quantitative estimate of drug-likeness (QED) is 0.199. The summed E-state index contributed by atoms with van der Waals surface area (Å²) < 4.78 is 0. The van der Waals surface area contributed by atoms with E-state index in [0.717, 1.165) is 6.21 Å². The Morgan fingerprint density at radius 3 is 2.70 bits per heavy atom. The van der Waals surface area contributed by atoms with Gasteiger partial charge in [-0.05, 0) is 5.75 Å². The standard InChI is InChI=1S/C4H8N2O2S2/c7-5-3-4(6-8)10-2-1-9/h3,7-9H,1-2H2/b5-3+,6-4+. The molecule has 0 spiro atoms. The van der Waals surface area contributed by atoms with Gasteiger partial charge in [0, 0.05) is 5.75 Å². The summed E-state index contributed by atoms with van der Waals surface area (Å²) in [5, 5.41) is 22.1. The Kier molecular flexibility index (Phi) is 6.51. The number of oxime groups is 2. The van der Waals surface area contributed by atoms with Crippen molar-refractivity contribution in [3.63, 3.8) is 0 Å². The van der Waals surface area contributed by atoms with Crippen LogP contribution in [0.1, 0.15) is 0 Å². The molecule has 0 fully saturated rings. The highest BCUT2D eigenvalue weighted by Gasteiger charge is 1.94. The zero-order valence-corrected chi connectivity index (χ0v) is 6.85. The Morgan fingerprint density at radius 1 is 1.60 bits per heavy atom. The third kappa shape index (κ3) is 4.51. The van der Waals surface area contributed by atoms with E-state index in [-0.39, 0.29) is 5.04 Å². The highest BCUT2D eigenvalue weighted by molar-refractivity contribution is 8.15. The van der Waals surface area contributed by atoms with Gasteiger partial charge in [0.15, 0.2) is 5.04 Å². The van der Waals surface area contributed by atoms with Crippen LogP contribution in [-0.2, 0) is 0 Å². The lowest BCUT2D eigenvalue weighted by Gasteiger charge is -1.92. The molecular formula is C4H8N2O2S2. The maximum atomic E-state index is 8.22. The van der Waals surface area contributed by atoms with Gasteiger partial charge >= 0.3 is 0 Å². The molecule has 0 bridgehead atoms. The van der Waals surface area contributed by atoms with E-state index in [9.17, 15) is 0 Å². The second-order valence-electron chi connectivity index (χ2n) is 1.25. The van der Waals surface area contributed by atoms with Gasteiger partial charge in [-0.1, -0.05) is 10.3 Å². The van der Waals surface area contributed by atoms with Crippen LogP contribution in [-0.4, -0.2) is 33.2 Å². The lowest BCUT2D eigenvalue weighted by atomic mass is 10.8. The summed E-state index contributed by atoms with van der Waals surface area (Å²) in [6.45, 7) is 0. The first kappa shape index (κ1) is 9.64. The zero-order valence-electron chi connectivity index (χ0n) is 5.14. The Hall–Kier alpha value is -0.360. The second-order valence-corrected chi connectivity index (χ2v) is 2.82. The third-order valence-corrected chi connectivity index (χ3v) is 2.03. The minimum absolute atomic E-state index is 0.275. The minimum Gasteiger partial charge on any atom is -0.411 e. The fourth-order valence-electron chi connectivity index (χ4n) is 0.292. The predicted octanol–water partition coefficient (Wildman–Crippen LogP) is 0.897. The van der Waals surface area contributed by atoms with Gasteiger partial charge < -0.3 is 10.4 Å². The van der Waals surface area contributed by atoms with Crippen molar-refractivity contribution in [2.75, 3.05) is 11.5 Å². The van der Waals surface area contributed by atoms with Crippen LogP contribution in [0.4, 0.5) is 0 Å². The highest BCUT2D eigenvalue weighted by atomic mass is 32.2. The first-order chi connectivity index (χ1) is 4.85. The van der Waals surface area contributed by atoms with Gasteiger partial charge in [0.05, 0.1) is 0 Å². The van der Waals surface area contributed by atoms with Gasteiger partial charge in [-0.2, -0.15) is 12.6 Å². The van der Waals surface area contributed by atoms with Crippen molar-refractivity contribution in [1.29, 1.82) is 0 Å². The van der Waals surface area contributed by atoms with Gasteiger partial charge in [-0.15, -0.1) is 11.8 Å². The molecule has 0 amide bonds. The summed E-state index contributed by atoms with van der Waals surface area (Å²) in [5.74, 6) is 1.40. The van der Waals surface area contributed by atoms with Gasteiger partial charge in [0.25, 0.3) is 0 Å². The molecule has 58 valence electrons. The van der Waals surface area contributed by atoms with Crippen molar-refractivity contribution < 1.29 is 10.4 Å². The molecule has 0 aromatic heterocycles. The largest absolute Gasteiger partial charge is 0.411 e. The highest BCUT2D eigenvalue weighted by Crippen LogP contribution is 2.01. The molecule has 0 unspecified atom stereocenters. The number of thioether (sulfide) groups is 1. The Labute approximate surface area is 68.4 Å². The summed E-state index contributed by atoms with van der Waals surface area (Å²) in [7, 11) is 0. The topological polar surface area (TPSA) is 65.2 Å². The van der Waals surface area contributed by atoms with E-state index in [1.54, 1.807) is 0 Å². The van der Waals surface area contributed by atoms with Crippen molar-refractivity contribution in [3.8, 4) is 0 Å². The molecule has 0 aliphatic heterocycles. The molecule has 0 aromatic rings. The molecule has 4 nitrogen and oxygen atoms in total. The molecule has 0 saturated heterocycles. The average Bonchev–Trinajstić information content (AvgIpc) is 1.98. The summed E-state index contributed by atoms with van der Waals surface area (Å²) in [6.07, 6.45) is 1.06. The van der Waals surface area contributed by atoms with Crippen molar-refractivity contribution in [3.05, 3.63) is 0 Å². The van der Waals surface area contributed by atoms with Gasteiger partial charge in [0.1, 0.15) is 6.21 Å². The second kappa shape index (κ2) is 6.76. The lowest BCUT2D eigenvalue weighted by molar-refractivity contribution is 0.317. The molecule has 0 rings (SSSR count). The molecule has 0 atom stereocenters. The van der Waals surface area contributed by atoms with Crippen LogP contribution in [0.2, 0.25) is 0 Å². The smallest absolute Gasteiger partial charge is 0.157 e. The Bertz CT molecular complexity index is 137. The first-order valence-electron chi connectivity index (χ1n) is 2.48. The van der Waals surface area contributed by atoms with E-state index >= 15 is 0 Å². The van der Waals surface area contributed by atoms with Crippen molar-refractivity contribution in [1.82, 2.24) is 0 Å². The van der Waals surface area contributed by atoms with Gasteiger partial charge in [0.2, 0.25) is 0 Å². The van der Waals surface area contributed by atoms with Crippen LogP contribution in [0.5, 0.6) is 0 Å². The van der Waals surface area contributed by atoms with E-state index in [4.69, 9.17) is 10.4 Å². The maximum absolute atomic E-state index is 8.22. The van der Waals surface area contributed by atoms with Crippen molar-refractivity contribution in [2.45, 2.75) is 0 Å². The summed E-state index contributed by atoms with van der Waals surface area (Å²) in [6, 6.07) is 0.